The molecule has 2 rings (SSSR count). The van der Waals surface area contributed by atoms with Crippen molar-refractivity contribution in [2.75, 3.05) is 36.2 Å². The molecular formula is C17H21N3OS. The molecule has 2 aromatic carbocycles. The highest BCUT2D eigenvalue weighted by Gasteiger charge is 2.01. The van der Waals surface area contributed by atoms with E-state index in [1.54, 1.807) is 0 Å². The zero-order valence-electron chi connectivity index (χ0n) is 13.1. The third-order valence-corrected chi connectivity index (χ3v) is 3.27. The number of nitrogens with zero attached hydrogens (tertiary/aromatic N) is 1. The number of hydrogen-bond acceptors (Lipinski definition) is 3. The van der Waals surface area contributed by atoms with Crippen LogP contribution in [0.1, 0.15) is 6.92 Å². The molecule has 0 spiro atoms. The molecule has 5 heteroatoms. The minimum absolute atomic E-state index is 0.557. The molecule has 0 fully saturated rings. The first-order valence-electron chi connectivity index (χ1n) is 7.16. The van der Waals surface area contributed by atoms with E-state index in [9.17, 15) is 0 Å². The van der Waals surface area contributed by atoms with Crippen LogP contribution in [0.4, 0.5) is 17.1 Å². The molecule has 0 aromatic heterocycles. The minimum Gasteiger partial charge on any atom is -0.494 e. The van der Waals surface area contributed by atoms with Gasteiger partial charge in [-0.3, -0.25) is 0 Å². The molecule has 2 N–H and O–H groups in total. The quantitative estimate of drug-likeness (QED) is 0.817. The summed E-state index contributed by atoms with van der Waals surface area (Å²) in [6, 6.07) is 15.8. The maximum Gasteiger partial charge on any atom is 0.175 e. The van der Waals surface area contributed by atoms with Gasteiger partial charge in [-0.2, -0.15) is 0 Å². The van der Waals surface area contributed by atoms with Crippen LogP contribution in [0.2, 0.25) is 0 Å². The third-order valence-electron chi connectivity index (χ3n) is 3.06. The lowest BCUT2D eigenvalue weighted by atomic mass is 10.2. The van der Waals surface area contributed by atoms with Gasteiger partial charge in [-0.1, -0.05) is 0 Å². The summed E-state index contributed by atoms with van der Waals surface area (Å²) in [5, 5.41) is 6.88. The average Bonchev–Trinajstić information content (AvgIpc) is 2.50. The summed E-state index contributed by atoms with van der Waals surface area (Å²) in [5.74, 6) is 0.853. The van der Waals surface area contributed by atoms with Gasteiger partial charge >= 0.3 is 0 Å². The number of anilines is 3. The first kappa shape index (κ1) is 16.1. The van der Waals surface area contributed by atoms with Crippen molar-refractivity contribution in [3.63, 3.8) is 0 Å². The van der Waals surface area contributed by atoms with E-state index >= 15 is 0 Å². The van der Waals surface area contributed by atoms with Crippen molar-refractivity contribution in [3.8, 4) is 5.75 Å². The lowest BCUT2D eigenvalue weighted by Gasteiger charge is -2.14. The Morgan fingerprint density at radius 1 is 0.955 bits per heavy atom. The molecule has 2 aromatic rings. The van der Waals surface area contributed by atoms with Gasteiger partial charge in [0, 0.05) is 31.2 Å². The fourth-order valence-corrected chi connectivity index (χ4v) is 2.17. The molecule has 4 nitrogen and oxygen atoms in total. The minimum atomic E-state index is 0.557. The summed E-state index contributed by atoms with van der Waals surface area (Å²) in [4.78, 5) is 2.06. The van der Waals surface area contributed by atoms with Crippen LogP contribution in [0, 0.1) is 0 Å². The van der Waals surface area contributed by atoms with Crippen molar-refractivity contribution in [2.24, 2.45) is 0 Å². The molecule has 0 radical (unpaired) electrons. The van der Waals surface area contributed by atoms with Crippen LogP contribution >= 0.6 is 12.2 Å². The van der Waals surface area contributed by atoms with Crippen molar-refractivity contribution in [1.29, 1.82) is 0 Å². The summed E-state index contributed by atoms with van der Waals surface area (Å²) in [5.41, 5.74) is 3.02. The van der Waals surface area contributed by atoms with Crippen molar-refractivity contribution in [2.45, 2.75) is 6.92 Å². The smallest absolute Gasteiger partial charge is 0.175 e. The Labute approximate surface area is 137 Å². The molecule has 0 bridgehead atoms. The van der Waals surface area contributed by atoms with Gasteiger partial charge in [-0.15, -0.1) is 0 Å². The van der Waals surface area contributed by atoms with Crippen LogP contribution in [0.15, 0.2) is 48.5 Å². The van der Waals surface area contributed by atoms with Crippen LogP contribution in [0.3, 0.4) is 0 Å². The third kappa shape index (κ3) is 4.63. The lowest BCUT2D eigenvalue weighted by Crippen LogP contribution is -2.19. The monoisotopic (exact) mass is 315 g/mol. The molecule has 116 valence electrons. The largest absolute Gasteiger partial charge is 0.494 e. The first-order valence-corrected chi connectivity index (χ1v) is 7.57. The van der Waals surface area contributed by atoms with Gasteiger partial charge < -0.3 is 20.3 Å². The number of ether oxygens (including phenoxy) is 1. The van der Waals surface area contributed by atoms with E-state index in [0.29, 0.717) is 11.7 Å². The highest BCUT2D eigenvalue weighted by Crippen LogP contribution is 2.18. The zero-order valence-corrected chi connectivity index (χ0v) is 13.9. The van der Waals surface area contributed by atoms with Crippen molar-refractivity contribution >= 4 is 34.4 Å². The standard InChI is InChI=1S/C17H21N3OS/c1-4-21-16-11-7-14(8-12-16)19-17(22)18-13-5-9-15(10-6-13)20(2)3/h5-12H,4H2,1-3H3,(H2,18,19,22). The highest BCUT2D eigenvalue weighted by molar-refractivity contribution is 7.80. The molecule has 0 atom stereocenters. The Kier molecular flexibility index (Phi) is 5.61. The second-order valence-corrected chi connectivity index (χ2v) is 5.39. The topological polar surface area (TPSA) is 36.5 Å². The number of thiocarbonyl (C=S) groups is 1. The average molecular weight is 315 g/mol. The van der Waals surface area contributed by atoms with Crippen molar-refractivity contribution in [1.82, 2.24) is 0 Å². The molecule has 0 amide bonds. The van der Waals surface area contributed by atoms with Crippen LogP contribution in [0.5, 0.6) is 5.75 Å². The van der Waals surface area contributed by atoms with Crippen LogP contribution in [0.25, 0.3) is 0 Å². The van der Waals surface area contributed by atoms with Gasteiger partial charge in [0.2, 0.25) is 0 Å². The summed E-state index contributed by atoms with van der Waals surface area (Å²) in [7, 11) is 4.03. The second kappa shape index (κ2) is 7.66. The fourth-order valence-electron chi connectivity index (χ4n) is 1.94. The lowest BCUT2D eigenvalue weighted by molar-refractivity contribution is 0.340. The molecule has 0 aliphatic heterocycles. The Bertz CT molecular complexity index is 609. The summed E-state index contributed by atoms with van der Waals surface area (Å²) < 4.78 is 5.41. The SMILES string of the molecule is CCOc1ccc(NC(=S)Nc2ccc(N(C)C)cc2)cc1. The van der Waals surface area contributed by atoms with E-state index < -0.39 is 0 Å². The summed E-state index contributed by atoms with van der Waals surface area (Å²) in [6.45, 7) is 2.63. The highest BCUT2D eigenvalue weighted by atomic mass is 32.1. The van der Waals surface area contributed by atoms with E-state index in [2.05, 4.69) is 15.5 Å². The Hall–Kier alpha value is -2.27. The maximum atomic E-state index is 5.41. The molecule has 0 heterocycles. The first-order chi connectivity index (χ1) is 10.6. The Morgan fingerprint density at radius 2 is 1.45 bits per heavy atom. The van der Waals surface area contributed by atoms with Crippen LogP contribution in [-0.2, 0) is 0 Å². The van der Waals surface area contributed by atoms with Gasteiger partial charge in [0.05, 0.1) is 6.61 Å². The molecular weight excluding hydrogens is 294 g/mol. The van der Waals surface area contributed by atoms with E-state index in [-0.39, 0.29) is 0 Å². The zero-order chi connectivity index (χ0) is 15.9. The predicted molar refractivity (Wildman–Crippen MR) is 98.2 cm³/mol. The van der Waals surface area contributed by atoms with Crippen LogP contribution < -0.4 is 20.3 Å². The van der Waals surface area contributed by atoms with E-state index in [4.69, 9.17) is 17.0 Å². The molecule has 0 saturated carbocycles. The normalized spacial score (nSPS) is 9.95. The maximum absolute atomic E-state index is 5.41. The van der Waals surface area contributed by atoms with E-state index in [1.165, 1.54) is 0 Å². The van der Waals surface area contributed by atoms with Crippen LogP contribution in [-0.4, -0.2) is 25.8 Å². The van der Waals surface area contributed by atoms with Gasteiger partial charge in [0.25, 0.3) is 0 Å². The second-order valence-electron chi connectivity index (χ2n) is 4.98. The molecule has 0 aliphatic rings. The molecule has 0 aliphatic carbocycles. The van der Waals surface area contributed by atoms with Gasteiger partial charge in [0.1, 0.15) is 5.75 Å². The van der Waals surface area contributed by atoms with E-state index in [1.807, 2.05) is 69.6 Å². The Balaban J connectivity index is 1.91. The van der Waals surface area contributed by atoms with Crippen molar-refractivity contribution in [3.05, 3.63) is 48.5 Å². The van der Waals surface area contributed by atoms with Gasteiger partial charge in [0.15, 0.2) is 5.11 Å². The molecule has 0 unspecified atom stereocenters. The number of benzene rings is 2. The molecule has 22 heavy (non-hydrogen) atoms. The predicted octanol–water partition coefficient (Wildman–Crippen LogP) is 3.96. The van der Waals surface area contributed by atoms with Gasteiger partial charge in [-0.05, 0) is 67.7 Å². The fraction of sp³-hybridized carbons (Fsp3) is 0.235. The van der Waals surface area contributed by atoms with Gasteiger partial charge in [-0.25, -0.2) is 0 Å². The summed E-state index contributed by atoms with van der Waals surface area (Å²) in [6.07, 6.45) is 0. The van der Waals surface area contributed by atoms with E-state index in [0.717, 1.165) is 22.8 Å². The Morgan fingerprint density at radius 3 is 1.91 bits per heavy atom. The number of nitrogens with one attached hydrogen (secondary N) is 2. The number of rotatable bonds is 5. The summed E-state index contributed by atoms with van der Waals surface area (Å²) >= 11 is 5.32. The van der Waals surface area contributed by atoms with Crippen molar-refractivity contribution < 1.29 is 4.74 Å². The number of hydrogen-bond donors (Lipinski definition) is 2. The molecule has 0 saturated heterocycles.